The first-order valence-corrected chi connectivity index (χ1v) is 4.62. The van der Waals surface area contributed by atoms with Crippen LogP contribution in [0.3, 0.4) is 0 Å². The van der Waals surface area contributed by atoms with Crippen LogP contribution in [0.1, 0.15) is 12.0 Å². The Labute approximate surface area is 96.2 Å². The van der Waals surface area contributed by atoms with Gasteiger partial charge in [0.25, 0.3) is 0 Å². The predicted octanol–water partition coefficient (Wildman–Crippen LogP) is 0.149. The summed E-state index contributed by atoms with van der Waals surface area (Å²) in [6.45, 7) is 0.123. The quantitative estimate of drug-likeness (QED) is 0.550. The number of rotatable bonds is 5. The Morgan fingerprint density at radius 1 is 1.71 bits per heavy atom. The van der Waals surface area contributed by atoms with Crippen LogP contribution in [-0.2, 0) is 4.79 Å². The highest BCUT2D eigenvalue weighted by Gasteiger charge is 2.20. The van der Waals surface area contributed by atoms with Crippen molar-refractivity contribution in [3.05, 3.63) is 27.9 Å². The zero-order valence-electron chi connectivity index (χ0n) is 8.71. The molecule has 1 amide bonds. The number of amides is 1. The Kier molecular flexibility index (Phi) is 3.94. The zero-order chi connectivity index (χ0) is 12.8. The molecular weight excluding hydrogens is 226 g/mol. The van der Waals surface area contributed by atoms with Crippen molar-refractivity contribution in [3.8, 4) is 6.07 Å². The Morgan fingerprint density at radius 2 is 2.41 bits per heavy atom. The summed E-state index contributed by atoms with van der Waals surface area (Å²) in [4.78, 5) is 24.3. The first-order valence-electron chi connectivity index (χ1n) is 4.62. The lowest BCUT2D eigenvalue weighted by molar-refractivity contribution is -0.384. The molecule has 8 heteroatoms. The van der Waals surface area contributed by atoms with E-state index in [2.05, 4.69) is 10.3 Å². The number of carbonyl (C=O) groups is 1. The number of nitrogens with two attached hydrogens (primary N) is 1. The maximum absolute atomic E-state index is 10.8. The summed E-state index contributed by atoms with van der Waals surface area (Å²) in [5.74, 6) is -0.577. The number of nitriles is 1. The van der Waals surface area contributed by atoms with Crippen molar-refractivity contribution in [1.29, 1.82) is 5.26 Å². The average molecular weight is 235 g/mol. The van der Waals surface area contributed by atoms with Gasteiger partial charge in [-0.1, -0.05) is 0 Å². The molecule has 88 valence electrons. The highest BCUT2D eigenvalue weighted by Crippen LogP contribution is 2.25. The first-order chi connectivity index (χ1) is 8.06. The molecule has 0 saturated heterocycles. The minimum atomic E-state index is -0.696. The van der Waals surface area contributed by atoms with Crippen LogP contribution >= 0.6 is 0 Å². The van der Waals surface area contributed by atoms with Gasteiger partial charge in [-0.3, -0.25) is 14.9 Å². The van der Waals surface area contributed by atoms with Crippen molar-refractivity contribution in [3.63, 3.8) is 0 Å². The fourth-order valence-corrected chi connectivity index (χ4v) is 1.16. The van der Waals surface area contributed by atoms with Crippen LogP contribution in [-0.4, -0.2) is 22.4 Å². The molecule has 0 aliphatic carbocycles. The fraction of sp³-hybridized carbons (Fsp3) is 0.222. The van der Waals surface area contributed by atoms with Crippen LogP contribution in [0.2, 0.25) is 0 Å². The number of aromatic nitrogens is 1. The van der Waals surface area contributed by atoms with E-state index >= 15 is 0 Å². The van der Waals surface area contributed by atoms with Crippen molar-refractivity contribution < 1.29 is 9.72 Å². The Balaban J connectivity index is 2.95. The van der Waals surface area contributed by atoms with Crippen LogP contribution in [0.5, 0.6) is 0 Å². The molecule has 0 aromatic carbocycles. The lowest BCUT2D eigenvalue weighted by Gasteiger charge is -2.05. The molecule has 17 heavy (non-hydrogen) atoms. The van der Waals surface area contributed by atoms with Crippen molar-refractivity contribution in [2.75, 3.05) is 11.9 Å². The number of hydrogen-bond donors (Lipinski definition) is 2. The van der Waals surface area contributed by atoms with Crippen LogP contribution in [0.4, 0.5) is 11.5 Å². The molecule has 1 aromatic heterocycles. The van der Waals surface area contributed by atoms with Gasteiger partial charge in [-0.15, -0.1) is 0 Å². The summed E-state index contributed by atoms with van der Waals surface area (Å²) in [6, 6.07) is 2.95. The van der Waals surface area contributed by atoms with Gasteiger partial charge in [0.05, 0.1) is 4.92 Å². The third-order valence-electron chi connectivity index (χ3n) is 1.89. The third kappa shape index (κ3) is 3.13. The Bertz CT molecular complexity index is 494. The number of hydrogen-bond acceptors (Lipinski definition) is 6. The van der Waals surface area contributed by atoms with E-state index in [4.69, 9.17) is 11.0 Å². The average Bonchev–Trinajstić information content (AvgIpc) is 2.27. The lowest BCUT2D eigenvalue weighted by atomic mass is 10.2. The Morgan fingerprint density at radius 3 is 2.94 bits per heavy atom. The molecule has 1 rings (SSSR count). The molecule has 0 aliphatic heterocycles. The number of nitrogens with one attached hydrogen (secondary N) is 1. The fourth-order valence-electron chi connectivity index (χ4n) is 1.16. The molecule has 0 spiro atoms. The van der Waals surface area contributed by atoms with Gasteiger partial charge in [-0.25, -0.2) is 4.98 Å². The number of carbonyl (C=O) groups excluding carboxylic acids is 1. The first kappa shape index (κ1) is 12.4. The second kappa shape index (κ2) is 5.41. The molecule has 0 saturated carbocycles. The van der Waals surface area contributed by atoms with Gasteiger partial charge < -0.3 is 11.1 Å². The van der Waals surface area contributed by atoms with Gasteiger partial charge in [-0.2, -0.15) is 5.26 Å². The molecule has 0 fully saturated rings. The smallest absolute Gasteiger partial charge is 0.328 e. The van der Waals surface area contributed by atoms with Crippen LogP contribution < -0.4 is 11.1 Å². The summed E-state index contributed by atoms with van der Waals surface area (Å²) >= 11 is 0. The summed E-state index contributed by atoms with van der Waals surface area (Å²) in [6.07, 6.45) is 1.30. The van der Waals surface area contributed by atoms with Crippen molar-refractivity contribution in [2.24, 2.45) is 5.73 Å². The third-order valence-corrected chi connectivity index (χ3v) is 1.89. The largest absolute Gasteiger partial charge is 0.370 e. The van der Waals surface area contributed by atoms with E-state index in [0.29, 0.717) is 0 Å². The molecule has 0 radical (unpaired) electrons. The van der Waals surface area contributed by atoms with Crippen LogP contribution in [0.15, 0.2) is 12.3 Å². The summed E-state index contributed by atoms with van der Waals surface area (Å²) < 4.78 is 0. The topological polar surface area (TPSA) is 135 Å². The number of primary amides is 1. The highest BCUT2D eigenvalue weighted by atomic mass is 16.6. The minimum Gasteiger partial charge on any atom is -0.370 e. The second-order valence-electron chi connectivity index (χ2n) is 3.07. The molecule has 1 aromatic rings. The maximum Gasteiger partial charge on any atom is 0.328 e. The highest BCUT2D eigenvalue weighted by molar-refractivity contribution is 5.74. The van der Waals surface area contributed by atoms with E-state index in [1.165, 1.54) is 12.3 Å². The number of pyridine rings is 1. The van der Waals surface area contributed by atoms with E-state index in [1.54, 1.807) is 6.07 Å². The monoisotopic (exact) mass is 235 g/mol. The standard InChI is InChI=1S/C9H9N5O3/c10-5-6-1-3-12-9(8(6)14(16)17)13-4-2-7(11)15/h1,3H,2,4H2,(H2,11,15)(H,12,13). The van der Waals surface area contributed by atoms with Crippen LogP contribution in [0, 0.1) is 21.4 Å². The minimum absolute atomic E-state index is 0.0234. The van der Waals surface area contributed by atoms with Gasteiger partial charge in [0.15, 0.2) is 0 Å². The normalized spacial score (nSPS) is 9.35. The molecule has 0 aliphatic rings. The SMILES string of the molecule is N#Cc1ccnc(NCCC(N)=O)c1[N+](=O)[O-]. The summed E-state index contributed by atoms with van der Waals surface area (Å²) in [5.41, 5.74) is 4.43. The Hall–Kier alpha value is -2.69. The maximum atomic E-state index is 10.8. The van der Waals surface area contributed by atoms with E-state index < -0.39 is 16.5 Å². The summed E-state index contributed by atoms with van der Waals surface area (Å²) in [5, 5.41) is 22.1. The molecule has 3 N–H and O–H groups in total. The van der Waals surface area contributed by atoms with E-state index in [9.17, 15) is 14.9 Å². The van der Waals surface area contributed by atoms with E-state index in [0.717, 1.165) is 0 Å². The van der Waals surface area contributed by atoms with Gasteiger partial charge in [-0.05, 0) is 6.07 Å². The predicted molar refractivity (Wildman–Crippen MR) is 57.9 cm³/mol. The summed E-state index contributed by atoms with van der Waals surface area (Å²) in [7, 11) is 0. The van der Waals surface area contributed by atoms with E-state index in [1.807, 2.05) is 0 Å². The molecule has 0 unspecified atom stereocenters. The zero-order valence-corrected chi connectivity index (χ0v) is 8.71. The lowest BCUT2D eigenvalue weighted by Crippen LogP contribution is -2.16. The van der Waals surface area contributed by atoms with Crippen molar-refractivity contribution in [2.45, 2.75) is 6.42 Å². The molecule has 8 nitrogen and oxygen atoms in total. The molecule has 0 atom stereocenters. The van der Waals surface area contributed by atoms with Gasteiger partial charge in [0, 0.05) is 19.2 Å². The number of nitro groups is 1. The number of anilines is 1. The molecule has 0 bridgehead atoms. The molecular formula is C9H9N5O3. The number of nitrogens with zero attached hydrogens (tertiary/aromatic N) is 3. The van der Waals surface area contributed by atoms with Gasteiger partial charge in [0.1, 0.15) is 11.6 Å². The second-order valence-corrected chi connectivity index (χ2v) is 3.07. The van der Waals surface area contributed by atoms with Crippen molar-refractivity contribution >= 4 is 17.4 Å². The van der Waals surface area contributed by atoms with E-state index in [-0.39, 0.29) is 24.3 Å². The van der Waals surface area contributed by atoms with Gasteiger partial charge >= 0.3 is 5.69 Å². The van der Waals surface area contributed by atoms with Crippen LogP contribution in [0.25, 0.3) is 0 Å². The molecule has 1 heterocycles. The van der Waals surface area contributed by atoms with Gasteiger partial charge in [0.2, 0.25) is 11.7 Å². The van der Waals surface area contributed by atoms with Crippen molar-refractivity contribution in [1.82, 2.24) is 4.98 Å².